The number of likely N-dealkylation sites (N-methyl/N-ethyl adjacent to an activating group) is 1. The first-order chi connectivity index (χ1) is 12.2. The van der Waals surface area contributed by atoms with Gasteiger partial charge in [-0.15, -0.1) is 0 Å². The predicted octanol–water partition coefficient (Wildman–Crippen LogP) is 1.79. The first-order valence-electron chi connectivity index (χ1n) is 9.42. The summed E-state index contributed by atoms with van der Waals surface area (Å²) in [6, 6.07) is 9.56. The van der Waals surface area contributed by atoms with E-state index in [9.17, 15) is 4.79 Å². The Balaban J connectivity index is 1.58. The highest BCUT2D eigenvalue weighted by molar-refractivity contribution is 5.78. The molecule has 134 valence electrons. The molecule has 2 aliphatic rings. The molecule has 5 heteroatoms. The molecule has 0 radical (unpaired) electrons. The highest BCUT2D eigenvalue weighted by Gasteiger charge is 2.38. The lowest BCUT2D eigenvalue weighted by atomic mass is 9.86. The van der Waals surface area contributed by atoms with Gasteiger partial charge in [-0.05, 0) is 64.6 Å². The molecule has 0 atom stereocenters. The molecule has 0 bridgehead atoms. The van der Waals surface area contributed by atoms with Crippen molar-refractivity contribution in [2.45, 2.75) is 31.3 Å². The summed E-state index contributed by atoms with van der Waals surface area (Å²) in [5.41, 5.74) is 2.36. The zero-order valence-electron chi connectivity index (χ0n) is 15.1. The molecule has 1 aromatic carbocycles. The zero-order valence-corrected chi connectivity index (χ0v) is 15.1. The van der Waals surface area contributed by atoms with Crippen LogP contribution in [-0.4, -0.2) is 60.1 Å². The van der Waals surface area contributed by atoms with Crippen molar-refractivity contribution in [3.8, 4) is 0 Å². The summed E-state index contributed by atoms with van der Waals surface area (Å²) in [6.45, 7) is 6.36. The number of hydrogen-bond donors (Lipinski definition) is 2. The number of H-pyrrole nitrogens is 1. The molecule has 25 heavy (non-hydrogen) atoms. The van der Waals surface area contributed by atoms with Gasteiger partial charge in [0.2, 0.25) is 0 Å². The normalized spacial score (nSPS) is 22.3. The summed E-state index contributed by atoms with van der Waals surface area (Å²) < 4.78 is 0. The molecular formula is C20H28N4O. The van der Waals surface area contributed by atoms with E-state index in [1.165, 1.54) is 19.3 Å². The van der Waals surface area contributed by atoms with Crippen molar-refractivity contribution < 1.29 is 0 Å². The van der Waals surface area contributed by atoms with E-state index in [-0.39, 0.29) is 11.0 Å². The average Bonchev–Trinajstić information content (AvgIpc) is 2.75. The molecule has 2 N–H and O–H groups in total. The Morgan fingerprint density at radius 1 is 1.16 bits per heavy atom. The fourth-order valence-electron chi connectivity index (χ4n) is 4.53. The van der Waals surface area contributed by atoms with E-state index in [0.29, 0.717) is 0 Å². The number of aromatic amines is 1. The van der Waals surface area contributed by atoms with Gasteiger partial charge >= 0.3 is 0 Å². The van der Waals surface area contributed by atoms with Gasteiger partial charge in [-0.3, -0.25) is 14.6 Å². The molecule has 2 saturated heterocycles. The van der Waals surface area contributed by atoms with Gasteiger partial charge < -0.3 is 10.3 Å². The van der Waals surface area contributed by atoms with E-state index in [2.05, 4.69) is 27.1 Å². The number of fused-ring (bicyclic) bond motifs is 1. The van der Waals surface area contributed by atoms with Crippen molar-refractivity contribution in [3.63, 3.8) is 0 Å². The fraction of sp³-hybridized carbons (Fsp3) is 0.550. The number of rotatable bonds is 2. The minimum absolute atomic E-state index is 0.118. The van der Waals surface area contributed by atoms with Crippen LogP contribution in [-0.2, 0) is 6.54 Å². The van der Waals surface area contributed by atoms with Gasteiger partial charge in [-0.1, -0.05) is 12.1 Å². The lowest BCUT2D eigenvalue weighted by molar-refractivity contribution is 0.0634. The Morgan fingerprint density at radius 2 is 1.96 bits per heavy atom. The van der Waals surface area contributed by atoms with Crippen molar-refractivity contribution in [1.29, 1.82) is 0 Å². The van der Waals surface area contributed by atoms with Crippen LogP contribution in [0.25, 0.3) is 10.9 Å². The summed E-state index contributed by atoms with van der Waals surface area (Å²) >= 11 is 0. The number of nitrogens with one attached hydrogen (secondary N) is 2. The molecule has 0 aliphatic carbocycles. The third kappa shape index (κ3) is 3.36. The molecule has 2 aromatic rings. The minimum atomic E-state index is 0.118. The van der Waals surface area contributed by atoms with Crippen LogP contribution >= 0.6 is 0 Å². The predicted molar refractivity (Wildman–Crippen MR) is 102 cm³/mol. The van der Waals surface area contributed by atoms with E-state index >= 15 is 0 Å². The Labute approximate surface area is 149 Å². The molecule has 0 unspecified atom stereocenters. The summed E-state index contributed by atoms with van der Waals surface area (Å²) in [7, 11) is 2.28. The Morgan fingerprint density at radius 3 is 2.80 bits per heavy atom. The second kappa shape index (κ2) is 6.90. The maximum Gasteiger partial charge on any atom is 0.189 e. The van der Waals surface area contributed by atoms with Gasteiger partial charge in [-0.25, -0.2) is 0 Å². The van der Waals surface area contributed by atoms with Gasteiger partial charge in [0.05, 0.1) is 0 Å². The second-order valence-corrected chi connectivity index (χ2v) is 7.66. The maximum atomic E-state index is 12.4. The van der Waals surface area contributed by atoms with E-state index < -0.39 is 0 Å². The van der Waals surface area contributed by atoms with Gasteiger partial charge in [0.15, 0.2) is 5.43 Å². The third-order valence-electron chi connectivity index (χ3n) is 6.02. The SMILES string of the molecule is CN1CCCN(Cc2cc(=O)c3ccccc3[nH]2)CC12CCNCC2. The van der Waals surface area contributed by atoms with Crippen LogP contribution in [0.15, 0.2) is 35.1 Å². The topological polar surface area (TPSA) is 51.4 Å². The molecule has 2 aliphatic heterocycles. The lowest BCUT2D eigenvalue weighted by Crippen LogP contribution is -2.57. The number of benzene rings is 1. The Kier molecular flexibility index (Phi) is 4.63. The fourth-order valence-corrected chi connectivity index (χ4v) is 4.53. The average molecular weight is 340 g/mol. The quantitative estimate of drug-likeness (QED) is 0.875. The molecule has 0 amide bonds. The van der Waals surface area contributed by atoms with Crippen LogP contribution in [0.3, 0.4) is 0 Å². The van der Waals surface area contributed by atoms with Gasteiger partial charge in [0.25, 0.3) is 0 Å². The van der Waals surface area contributed by atoms with Crippen LogP contribution in [0.5, 0.6) is 0 Å². The van der Waals surface area contributed by atoms with E-state index in [1.807, 2.05) is 24.3 Å². The third-order valence-corrected chi connectivity index (χ3v) is 6.02. The Bertz CT molecular complexity index is 794. The molecule has 1 aromatic heterocycles. The number of pyridine rings is 1. The van der Waals surface area contributed by atoms with Crippen molar-refractivity contribution in [3.05, 3.63) is 46.2 Å². The molecule has 3 heterocycles. The van der Waals surface area contributed by atoms with E-state index in [4.69, 9.17) is 0 Å². The molecule has 0 saturated carbocycles. The van der Waals surface area contributed by atoms with Crippen molar-refractivity contribution in [2.24, 2.45) is 0 Å². The van der Waals surface area contributed by atoms with Crippen LogP contribution in [0.4, 0.5) is 0 Å². The highest BCUT2D eigenvalue weighted by atomic mass is 16.1. The van der Waals surface area contributed by atoms with Crippen LogP contribution in [0, 0.1) is 0 Å². The summed E-state index contributed by atoms with van der Waals surface area (Å²) in [5, 5.41) is 4.27. The zero-order chi connectivity index (χ0) is 17.3. The molecule has 4 rings (SSSR count). The van der Waals surface area contributed by atoms with E-state index in [0.717, 1.165) is 55.9 Å². The maximum absolute atomic E-state index is 12.4. The summed E-state index contributed by atoms with van der Waals surface area (Å²) in [5.74, 6) is 0. The van der Waals surface area contributed by atoms with Crippen LogP contribution < -0.4 is 10.7 Å². The summed E-state index contributed by atoms with van der Waals surface area (Å²) in [4.78, 5) is 21.0. The van der Waals surface area contributed by atoms with E-state index in [1.54, 1.807) is 6.07 Å². The van der Waals surface area contributed by atoms with Gasteiger partial charge in [0, 0.05) is 41.3 Å². The molecular weight excluding hydrogens is 312 g/mol. The van der Waals surface area contributed by atoms with Crippen LogP contribution in [0.1, 0.15) is 25.0 Å². The number of para-hydroxylation sites is 1. The highest BCUT2D eigenvalue weighted by Crippen LogP contribution is 2.29. The first kappa shape index (κ1) is 16.8. The Hall–Kier alpha value is -1.69. The number of nitrogens with zero attached hydrogens (tertiary/aromatic N) is 2. The lowest BCUT2D eigenvalue weighted by Gasteiger charge is -2.45. The molecule has 5 nitrogen and oxygen atoms in total. The summed E-state index contributed by atoms with van der Waals surface area (Å²) in [6.07, 6.45) is 3.59. The number of aromatic nitrogens is 1. The van der Waals surface area contributed by atoms with Gasteiger partial charge in [0.1, 0.15) is 0 Å². The smallest absolute Gasteiger partial charge is 0.189 e. The molecule has 2 fully saturated rings. The largest absolute Gasteiger partial charge is 0.357 e. The standard InChI is InChI=1S/C20H28N4O/c1-23-11-4-12-24(15-20(23)7-9-21-10-8-20)14-16-13-19(25)17-5-2-3-6-18(17)22-16/h2-3,5-6,13,21H,4,7-12,14-15H2,1H3,(H,22,25). The monoisotopic (exact) mass is 340 g/mol. The van der Waals surface area contributed by atoms with Crippen molar-refractivity contribution in [1.82, 2.24) is 20.1 Å². The first-order valence-corrected chi connectivity index (χ1v) is 9.42. The van der Waals surface area contributed by atoms with Crippen LogP contribution in [0.2, 0.25) is 0 Å². The number of piperidine rings is 1. The molecule has 1 spiro atoms. The van der Waals surface area contributed by atoms with Crippen molar-refractivity contribution >= 4 is 10.9 Å². The minimum Gasteiger partial charge on any atom is -0.357 e. The second-order valence-electron chi connectivity index (χ2n) is 7.66. The number of hydrogen-bond acceptors (Lipinski definition) is 4. The van der Waals surface area contributed by atoms with Gasteiger partial charge in [-0.2, -0.15) is 0 Å². The van der Waals surface area contributed by atoms with Crippen molar-refractivity contribution in [2.75, 3.05) is 39.8 Å².